The van der Waals surface area contributed by atoms with Crippen LogP contribution in [-0.2, 0) is 4.74 Å². The van der Waals surface area contributed by atoms with Gasteiger partial charge in [0.15, 0.2) is 0 Å². The van der Waals surface area contributed by atoms with Crippen LogP contribution in [0.15, 0.2) is 24.3 Å². The number of anilines is 1. The summed E-state index contributed by atoms with van der Waals surface area (Å²) in [7, 11) is 0. The lowest BCUT2D eigenvalue weighted by molar-refractivity contribution is 0.181. The third-order valence-electron chi connectivity index (χ3n) is 2.17. The maximum absolute atomic E-state index is 11.2. The molecule has 0 spiro atoms. The van der Waals surface area contributed by atoms with E-state index in [4.69, 9.17) is 4.74 Å². The lowest BCUT2D eigenvalue weighted by Crippen LogP contribution is -2.23. The molecule has 13 heavy (non-hydrogen) atoms. The highest BCUT2D eigenvalue weighted by molar-refractivity contribution is 5.90. The molecule has 3 heteroatoms. The van der Waals surface area contributed by atoms with Crippen molar-refractivity contribution in [3.8, 4) is 0 Å². The molecule has 1 aromatic carbocycles. The highest BCUT2D eigenvalue weighted by Crippen LogP contribution is 2.22. The standard InChI is InChI=1S/C10H11NO2/c1-8-4-2-3-5-9(8)11-6-7-13-10(11)12/h2-5H,6-7H2,1H3. The Kier molecular flexibility index (Phi) is 1.93. The van der Waals surface area contributed by atoms with Gasteiger partial charge in [-0.25, -0.2) is 4.79 Å². The number of carbonyl (C=O) groups excluding carboxylic acids is 1. The van der Waals surface area contributed by atoms with E-state index in [1.54, 1.807) is 4.90 Å². The third-order valence-corrected chi connectivity index (χ3v) is 2.17. The molecule has 0 radical (unpaired) electrons. The third kappa shape index (κ3) is 1.37. The summed E-state index contributed by atoms with van der Waals surface area (Å²) in [5.41, 5.74) is 2.05. The van der Waals surface area contributed by atoms with Crippen LogP contribution >= 0.6 is 0 Å². The van der Waals surface area contributed by atoms with E-state index < -0.39 is 0 Å². The van der Waals surface area contributed by atoms with Crippen LogP contribution < -0.4 is 4.90 Å². The monoisotopic (exact) mass is 177 g/mol. The Morgan fingerprint density at radius 3 is 2.77 bits per heavy atom. The van der Waals surface area contributed by atoms with Gasteiger partial charge < -0.3 is 4.74 Å². The largest absolute Gasteiger partial charge is 0.447 e. The summed E-state index contributed by atoms with van der Waals surface area (Å²) in [5.74, 6) is 0. The second-order valence-corrected chi connectivity index (χ2v) is 3.05. The molecule has 0 N–H and O–H groups in total. The van der Waals surface area contributed by atoms with Crippen LogP contribution in [0.2, 0.25) is 0 Å². The van der Waals surface area contributed by atoms with Crippen molar-refractivity contribution in [2.24, 2.45) is 0 Å². The number of carbonyl (C=O) groups is 1. The van der Waals surface area contributed by atoms with Crippen LogP contribution in [0.25, 0.3) is 0 Å². The summed E-state index contributed by atoms with van der Waals surface area (Å²) >= 11 is 0. The molecule has 1 fully saturated rings. The number of benzene rings is 1. The smallest absolute Gasteiger partial charge is 0.414 e. The highest BCUT2D eigenvalue weighted by Gasteiger charge is 2.24. The van der Waals surface area contributed by atoms with Crippen LogP contribution in [0.5, 0.6) is 0 Å². The van der Waals surface area contributed by atoms with Gasteiger partial charge in [0.25, 0.3) is 0 Å². The van der Waals surface area contributed by atoms with Gasteiger partial charge in [-0.3, -0.25) is 4.90 Å². The Bertz CT molecular complexity index is 335. The highest BCUT2D eigenvalue weighted by atomic mass is 16.6. The van der Waals surface area contributed by atoms with Crippen molar-refractivity contribution in [3.63, 3.8) is 0 Å². The van der Waals surface area contributed by atoms with Crippen LogP contribution in [0.1, 0.15) is 5.56 Å². The number of ether oxygens (including phenoxy) is 1. The molecule has 1 saturated heterocycles. The summed E-state index contributed by atoms with van der Waals surface area (Å²) in [6, 6.07) is 7.80. The lowest BCUT2D eigenvalue weighted by atomic mass is 10.2. The molecular formula is C10H11NO2. The van der Waals surface area contributed by atoms with E-state index in [-0.39, 0.29) is 6.09 Å². The average Bonchev–Trinajstić information content (AvgIpc) is 2.52. The minimum atomic E-state index is -0.241. The Morgan fingerprint density at radius 1 is 1.38 bits per heavy atom. The molecule has 1 amide bonds. The second-order valence-electron chi connectivity index (χ2n) is 3.05. The Morgan fingerprint density at radius 2 is 2.15 bits per heavy atom. The first-order valence-corrected chi connectivity index (χ1v) is 4.29. The van der Waals surface area contributed by atoms with E-state index in [1.807, 2.05) is 31.2 Å². The van der Waals surface area contributed by atoms with Crippen molar-refractivity contribution in [1.82, 2.24) is 0 Å². The first kappa shape index (κ1) is 8.10. The van der Waals surface area contributed by atoms with Crippen molar-refractivity contribution in [3.05, 3.63) is 29.8 Å². The molecule has 68 valence electrons. The SMILES string of the molecule is Cc1ccccc1N1CCOC1=O. The number of rotatable bonds is 1. The van der Waals surface area contributed by atoms with Crippen LogP contribution in [0, 0.1) is 6.92 Å². The van der Waals surface area contributed by atoms with Gasteiger partial charge in [-0.05, 0) is 18.6 Å². The van der Waals surface area contributed by atoms with E-state index in [0.717, 1.165) is 11.3 Å². The molecule has 0 atom stereocenters. The zero-order valence-corrected chi connectivity index (χ0v) is 7.49. The number of hydrogen-bond donors (Lipinski definition) is 0. The first-order valence-electron chi connectivity index (χ1n) is 4.29. The van der Waals surface area contributed by atoms with Crippen LogP contribution in [-0.4, -0.2) is 19.2 Å². The van der Waals surface area contributed by atoms with Gasteiger partial charge in [-0.2, -0.15) is 0 Å². The molecule has 1 heterocycles. The zero-order valence-electron chi connectivity index (χ0n) is 7.49. The maximum atomic E-state index is 11.2. The molecule has 0 unspecified atom stereocenters. The molecule has 0 aromatic heterocycles. The van der Waals surface area contributed by atoms with E-state index >= 15 is 0 Å². The molecule has 0 saturated carbocycles. The van der Waals surface area contributed by atoms with E-state index in [9.17, 15) is 4.79 Å². The molecule has 3 nitrogen and oxygen atoms in total. The van der Waals surface area contributed by atoms with Gasteiger partial charge in [0.2, 0.25) is 0 Å². The van der Waals surface area contributed by atoms with Gasteiger partial charge in [0.05, 0.1) is 12.2 Å². The minimum absolute atomic E-state index is 0.241. The number of nitrogens with zero attached hydrogens (tertiary/aromatic N) is 1. The minimum Gasteiger partial charge on any atom is -0.447 e. The lowest BCUT2D eigenvalue weighted by Gasteiger charge is -2.14. The Hall–Kier alpha value is -1.51. The Labute approximate surface area is 76.9 Å². The number of amides is 1. The van der Waals surface area contributed by atoms with Gasteiger partial charge in [0, 0.05) is 0 Å². The predicted octanol–water partition coefficient (Wildman–Crippen LogP) is 1.95. The summed E-state index contributed by atoms with van der Waals surface area (Å²) < 4.78 is 4.86. The quantitative estimate of drug-likeness (QED) is 0.656. The van der Waals surface area contributed by atoms with E-state index in [0.29, 0.717) is 13.2 Å². The van der Waals surface area contributed by atoms with Crippen molar-refractivity contribution in [1.29, 1.82) is 0 Å². The summed E-state index contributed by atoms with van der Waals surface area (Å²) in [6.07, 6.45) is -0.241. The zero-order chi connectivity index (χ0) is 9.26. The summed E-state index contributed by atoms with van der Waals surface area (Å²) in [6.45, 7) is 3.14. The van der Waals surface area contributed by atoms with Gasteiger partial charge >= 0.3 is 6.09 Å². The summed E-state index contributed by atoms with van der Waals surface area (Å²) in [4.78, 5) is 12.9. The van der Waals surface area contributed by atoms with Crippen molar-refractivity contribution >= 4 is 11.8 Å². The number of para-hydroxylation sites is 1. The fourth-order valence-electron chi connectivity index (χ4n) is 1.48. The fourth-order valence-corrected chi connectivity index (χ4v) is 1.48. The second kappa shape index (κ2) is 3.09. The number of hydrogen-bond acceptors (Lipinski definition) is 2. The molecule has 2 rings (SSSR count). The predicted molar refractivity (Wildman–Crippen MR) is 49.9 cm³/mol. The van der Waals surface area contributed by atoms with Crippen LogP contribution in [0.3, 0.4) is 0 Å². The van der Waals surface area contributed by atoms with Gasteiger partial charge in [-0.15, -0.1) is 0 Å². The molecule has 1 aliphatic heterocycles. The Balaban J connectivity index is 2.34. The van der Waals surface area contributed by atoms with E-state index in [2.05, 4.69) is 0 Å². The molecule has 1 aliphatic rings. The molecule has 0 aliphatic carbocycles. The van der Waals surface area contributed by atoms with Crippen molar-refractivity contribution in [2.75, 3.05) is 18.1 Å². The maximum Gasteiger partial charge on any atom is 0.414 e. The van der Waals surface area contributed by atoms with Crippen LogP contribution in [0.4, 0.5) is 10.5 Å². The normalized spacial score (nSPS) is 16.1. The first-order chi connectivity index (χ1) is 6.29. The summed E-state index contributed by atoms with van der Waals surface area (Å²) in [5, 5.41) is 0. The van der Waals surface area contributed by atoms with Gasteiger partial charge in [0.1, 0.15) is 6.61 Å². The molecular weight excluding hydrogens is 166 g/mol. The average molecular weight is 177 g/mol. The topological polar surface area (TPSA) is 29.5 Å². The van der Waals surface area contributed by atoms with Crippen molar-refractivity contribution in [2.45, 2.75) is 6.92 Å². The van der Waals surface area contributed by atoms with Crippen molar-refractivity contribution < 1.29 is 9.53 Å². The molecule has 0 bridgehead atoms. The van der Waals surface area contributed by atoms with E-state index in [1.165, 1.54) is 0 Å². The number of aryl methyl sites for hydroxylation is 1. The molecule has 1 aromatic rings. The number of cyclic esters (lactones) is 1. The van der Waals surface area contributed by atoms with Gasteiger partial charge in [-0.1, -0.05) is 18.2 Å². The fraction of sp³-hybridized carbons (Fsp3) is 0.300.